The van der Waals surface area contributed by atoms with Gasteiger partial charge in [0, 0.05) is 32.5 Å². The monoisotopic (exact) mass is 839 g/mol. The lowest BCUT2D eigenvalue weighted by molar-refractivity contribution is -0.123. The normalized spacial score (nSPS) is 27.7. The molecule has 0 aromatic carbocycles. The van der Waals surface area contributed by atoms with Crippen molar-refractivity contribution in [1.82, 2.24) is 15.5 Å². The van der Waals surface area contributed by atoms with E-state index in [2.05, 4.69) is 58.3 Å². The highest BCUT2D eigenvalue weighted by Gasteiger charge is 2.59. The van der Waals surface area contributed by atoms with Crippen molar-refractivity contribution in [2.75, 3.05) is 32.7 Å². The number of allylic oxidation sites excluding steroid dienone is 1. The van der Waals surface area contributed by atoms with E-state index in [0.717, 1.165) is 67.6 Å². The van der Waals surface area contributed by atoms with Gasteiger partial charge in [0.25, 0.3) is 0 Å². The van der Waals surface area contributed by atoms with Crippen molar-refractivity contribution in [2.45, 2.75) is 221 Å². The van der Waals surface area contributed by atoms with Gasteiger partial charge in [0.15, 0.2) is 0 Å². The molecule has 4 aliphatic carbocycles. The number of fused-ring (bicyclic) bond motifs is 5. The highest BCUT2D eigenvalue weighted by Crippen LogP contribution is 2.67. The van der Waals surface area contributed by atoms with Gasteiger partial charge in [0.05, 0.1) is 0 Å². The molecule has 3 saturated carbocycles. The molecule has 8 heteroatoms. The van der Waals surface area contributed by atoms with Crippen LogP contribution in [0.3, 0.4) is 0 Å². The summed E-state index contributed by atoms with van der Waals surface area (Å²) in [6, 6.07) is 0. The second-order valence-corrected chi connectivity index (χ2v) is 21.1. The molecule has 0 bridgehead atoms. The summed E-state index contributed by atoms with van der Waals surface area (Å²) in [5.41, 5.74) is 7.81. The molecule has 4 rings (SSSR count). The number of rotatable bonds is 29. The second kappa shape index (κ2) is 26.5. The summed E-state index contributed by atoms with van der Waals surface area (Å²) in [5, 5.41) is 5.95. The quantitative estimate of drug-likeness (QED) is 0.0513. The van der Waals surface area contributed by atoms with Crippen molar-refractivity contribution in [3.8, 4) is 0 Å². The average Bonchev–Trinajstić information content (AvgIpc) is 3.58. The molecule has 0 aromatic rings. The van der Waals surface area contributed by atoms with Crippen LogP contribution >= 0.6 is 0 Å². The molecule has 0 aromatic heterocycles. The summed E-state index contributed by atoms with van der Waals surface area (Å²) in [5.74, 6) is 4.66. The number of nitrogens with zero attached hydrogens (tertiary/aromatic N) is 1. The van der Waals surface area contributed by atoms with E-state index in [1.807, 2.05) is 0 Å². The SMILES string of the molecule is CCCCCCCCCCCCCCCC(=O)NCCCN(CC(=O)NCCCN)C(=O)O[C@H]1CC[C@@]2(C)C(=CC[C@H]3[C@@H]4CC[C@H]([C@H](C)CCCC(C)C)[C@@]4(C)CC[C@@H]32)C1. The second-order valence-electron chi connectivity index (χ2n) is 21.1. The van der Waals surface area contributed by atoms with Gasteiger partial charge in [-0.1, -0.05) is 150 Å². The van der Waals surface area contributed by atoms with Crippen molar-refractivity contribution >= 4 is 17.9 Å². The van der Waals surface area contributed by atoms with Crippen LogP contribution < -0.4 is 16.4 Å². The van der Waals surface area contributed by atoms with Crippen LogP contribution in [-0.4, -0.2) is 61.6 Å². The van der Waals surface area contributed by atoms with Crippen molar-refractivity contribution in [3.05, 3.63) is 11.6 Å². The summed E-state index contributed by atoms with van der Waals surface area (Å²) in [6.45, 7) is 16.5. The Hall–Kier alpha value is -2.09. The number of amides is 3. The van der Waals surface area contributed by atoms with E-state index in [-0.39, 0.29) is 29.9 Å². The molecule has 4 aliphatic rings. The van der Waals surface area contributed by atoms with Gasteiger partial charge in [0.2, 0.25) is 11.8 Å². The minimum Gasteiger partial charge on any atom is -0.446 e. The number of hydrogen-bond acceptors (Lipinski definition) is 5. The van der Waals surface area contributed by atoms with Crippen LogP contribution in [0.15, 0.2) is 11.6 Å². The molecule has 3 amide bonds. The Morgan fingerprint density at radius 3 is 2.08 bits per heavy atom. The Balaban J connectivity index is 1.20. The summed E-state index contributed by atoms with van der Waals surface area (Å²) in [6.07, 6.45) is 34.0. The van der Waals surface area contributed by atoms with Crippen molar-refractivity contribution in [1.29, 1.82) is 0 Å². The standard InChI is InChI=1S/C52H94N4O4/c1-7-8-9-10-11-12-13-14-15-16-17-18-19-25-48(57)54-36-22-37-56(39-49(58)55-35-21-34-53)50(59)60-43-30-32-51(5)42(38-43)26-27-44-46-29-28-45(41(4)24-20-23-40(2)3)52(46,6)33-31-47(44)51/h26,40-41,43-47H,7-25,27-39,53H2,1-6H3,(H,54,57)(H,55,58)/t41-,43+,44+,45-,46+,47+,51+,52-/m1/s1. The number of carbonyl (C=O) groups excluding carboxylic acids is 3. The predicted octanol–water partition coefficient (Wildman–Crippen LogP) is 12.3. The molecule has 0 unspecified atom stereocenters. The zero-order valence-corrected chi connectivity index (χ0v) is 39.9. The maximum atomic E-state index is 13.8. The molecule has 0 spiro atoms. The highest BCUT2D eigenvalue weighted by atomic mass is 16.6. The Morgan fingerprint density at radius 2 is 1.42 bits per heavy atom. The largest absolute Gasteiger partial charge is 0.446 e. The molecule has 0 aliphatic heterocycles. The lowest BCUT2D eigenvalue weighted by atomic mass is 9.47. The molecule has 60 heavy (non-hydrogen) atoms. The third kappa shape index (κ3) is 15.3. The maximum Gasteiger partial charge on any atom is 0.410 e. The van der Waals surface area contributed by atoms with E-state index in [4.69, 9.17) is 10.5 Å². The fourth-order valence-corrected chi connectivity index (χ4v) is 12.7. The Labute approximate surface area is 368 Å². The van der Waals surface area contributed by atoms with Gasteiger partial charge in [0.1, 0.15) is 12.6 Å². The average molecular weight is 839 g/mol. The molecule has 4 N–H and O–H groups in total. The number of carbonyl (C=O) groups is 3. The Kier molecular flexibility index (Phi) is 22.3. The third-order valence-electron chi connectivity index (χ3n) is 16.3. The van der Waals surface area contributed by atoms with Gasteiger partial charge in [-0.2, -0.15) is 0 Å². The zero-order valence-electron chi connectivity index (χ0n) is 39.9. The minimum atomic E-state index is -0.418. The number of unbranched alkanes of at least 4 members (excludes halogenated alkanes) is 12. The zero-order chi connectivity index (χ0) is 43.4. The first kappa shape index (κ1) is 50.6. The van der Waals surface area contributed by atoms with Crippen LogP contribution in [0.2, 0.25) is 0 Å². The topological polar surface area (TPSA) is 114 Å². The van der Waals surface area contributed by atoms with Crippen LogP contribution in [-0.2, 0) is 14.3 Å². The fraction of sp³-hybridized carbons (Fsp3) is 0.904. The Bertz CT molecular complexity index is 1300. The first-order valence-corrected chi connectivity index (χ1v) is 25.8. The van der Waals surface area contributed by atoms with E-state index in [0.29, 0.717) is 50.9 Å². The molecule has 0 heterocycles. The van der Waals surface area contributed by atoms with Crippen molar-refractivity contribution < 1.29 is 19.1 Å². The van der Waals surface area contributed by atoms with E-state index >= 15 is 0 Å². The lowest BCUT2D eigenvalue weighted by Crippen LogP contribution is -2.51. The van der Waals surface area contributed by atoms with Gasteiger partial charge in [-0.25, -0.2) is 4.79 Å². The lowest BCUT2D eigenvalue weighted by Gasteiger charge is -2.58. The van der Waals surface area contributed by atoms with Crippen LogP contribution in [0.4, 0.5) is 4.79 Å². The number of hydrogen-bond donors (Lipinski definition) is 3. The van der Waals surface area contributed by atoms with Crippen molar-refractivity contribution in [2.24, 2.45) is 52.1 Å². The summed E-state index contributed by atoms with van der Waals surface area (Å²) >= 11 is 0. The molecule has 8 nitrogen and oxygen atoms in total. The predicted molar refractivity (Wildman–Crippen MR) is 250 cm³/mol. The van der Waals surface area contributed by atoms with Gasteiger partial charge in [-0.05, 0) is 117 Å². The molecule has 8 atom stereocenters. The molecule has 0 radical (unpaired) electrons. The summed E-state index contributed by atoms with van der Waals surface area (Å²) in [7, 11) is 0. The molecule has 3 fully saturated rings. The maximum absolute atomic E-state index is 13.8. The molecular weight excluding hydrogens is 745 g/mol. The van der Waals surface area contributed by atoms with Gasteiger partial charge in [-0.3, -0.25) is 14.5 Å². The van der Waals surface area contributed by atoms with Gasteiger partial charge < -0.3 is 21.1 Å². The first-order chi connectivity index (χ1) is 28.9. The molecule has 0 saturated heterocycles. The van der Waals surface area contributed by atoms with Crippen LogP contribution in [0.1, 0.15) is 215 Å². The smallest absolute Gasteiger partial charge is 0.410 e. The van der Waals surface area contributed by atoms with Gasteiger partial charge >= 0.3 is 6.09 Å². The minimum absolute atomic E-state index is 0.0509. The van der Waals surface area contributed by atoms with E-state index < -0.39 is 6.09 Å². The third-order valence-corrected chi connectivity index (χ3v) is 16.3. The van der Waals surface area contributed by atoms with Crippen LogP contribution in [0.5, 0.6) is 0 Å². The first-order valence-electron chi connectivity index (χ1n) is 25.8. The van der Waals surface area contributed by atoms with Crippen LogP contribution in [0.25, 0.3) is 0 Å². The van der Waals surface area contributed by atoms with E-state index in [9.17, 15) is 14.4 Å². The van der Waals surface area contributed by atoms with Crippen LogP contribution in [0, 0.1) is 46.3 Å². The number of nitrogens with one attached hydrogen (secondary N) is 2. The highest BCUT2D eigenvalue weighted by molar-refractivity contribution is 5.82. The molecular formula is C52H94N4O4. The number of nitrogens with two attached hydrogens (primary N) is 1. The fourth-order valence-electron chi connectivity index (χ4n) is 12.7. The van der Waals surface area contributed by atoms with Crippen molar-refractivity contribution in [3.63, 3.8) is 0 Å². The van der Waals surface area contributed by atoms with E-state index in [1.54, 1.807) is 0 Å². The van der Waals surface area contributed by atoms with E-state index in [1.165, 1.54) is 132 Å². The Morgan fingerprint density at radius 1 is 0.767 bits per heavy atom. The summed E-state index contributed by atoms with van der Waals surface area (Å²) < 4.78 is 6.25. The van der Waals surface area contributed by atoms with Gasteiger partial charge in [-0.15, -0.1) is 0 Å². The number of ether oxygens (including phenoxy) is 1. The summed E-state index contributed by atoms with van der Waals surface area (Å²) in [4.78, 5) is 40.8. The molecule has 346 valence electrons.